The molecule has 3 N–H and O–H groups in total. The Hall–Kier alpha value is -0.900. The fourth-order valence-electron chi connectivity index (χ4n) is 2.65. The van der Waals surface area contributed by atoms with Crippen molar-refractivity contribution in [3.63, 3.8) is 0 Å². The summed E-state index contributed by atoms with van der Waals surface area (Å²) >= 11 is 0. The van der Waals surface area contributed by atoms with Crippen molar-refractivity contribution in [2.75, 3.05) is 6.54 Å². The zero-order valence-electron chi connectivity index (χ0n) is 15.9. The van der Waals surface area contributed by atoms with E-state index in [-0.39, 0.29) is 6.54 Å². The summed E-state index contributed by atoms with van der Waals surface area (Å²) in [5.74, 6) is -0.653. The number of carboxylic acids is 1. The maximum atomic E-state index is 10.3. The largest absolute Gasteiger partial charge is 0.481 e. The molecule has 24 heavy (non-hydrogen) atoms. The highest BCUT2D eigenvalue weighted by Gasteiger charge is 1.97. The highest BCUT2D eigenvalue weighted by molar-refractivity contribution is 5.66. The smallest absolute Gasteiger partial charge is 0.303 e. The van der Waals surface area contributed by atoms with E-state index in [1.54, 1.807) is 0 Å². The molecule has 0 aromatic carbocycles. The Balaban J connectivity index is 0. The SMILES string of the molecule is CCCCCCCCCCCCCCCCCC(=O)O.NCC=O. The van der Waals surface area contributed by atoms with Gasteiger partial charge >= 0.3 is 5.97 Å². The number of hydrogen-bond acceptors (Lipinski definition) is 3. The molecule has 0 rings (SSSR count). The van der Waals surface area contributed by atoms with E-state index in [4.69, 9.17) is 9.90 Å². The summed E-state index contributed by atoms with van der Waals surface area (Å²) in [6.07, 6.45) is 20.9. The Morgan fingerprint density at radius 1 is 0.750 bits per heavy atom. The van der Waals surface area contributed by atoms with E-state index in [1.807, 2.05) is 0 Å². The van der Waals surface area contributed by atoms with E-state index >= 15 is 0 Å². The Bertz CT molecular complexity index is 257. The monoisotopic (exact) mass is 343 g/mol. The quantitative estimate of drug-likeness (QED) is 0.271. The number of aldehydes is 1. The van der Waals surface area contributed by atoms with Gasteiger partial charge in [0.15, 0.2) is 0 Å². The fraction of sp³-hybridized carbons (Fsp3) is 0.900. The third kappa shape index (κ3) is 29.2. The molecule has 0 atom stereocenters. The summed E-state index contributed by atoms with van der Waals surface area (Å²) in [5.41, 5.74) is 4.66. The average molecular weight is 344 g/mol. The van der Waals surface area contributed by atoms with Crippen molar-refractivity contribution in [1.82, 2.24) is 0 Å². The van der Waals surface area contributed by atoms with Crippen molar-refractivity contribution in [3.05, 3.63) is 0 Å². The van der Waals surface area contributed by atoms with Gasteiger partial charge in [0, 0.05) is 13.0 Å². The van der Waals surface area contributed by atoms with Gasteiger partial charge < -0.3 is 15.6 Å². The zero-order valence-corrected chi connectivity index (χ0v) is 15.9. The lowest BCUT2D eigenvalue weighted by atomic mass is 10.0. The van der Waals surface area contributed by atoms with Crippen LogP contribution in [0, 0.1) is 0 Å². The first-order valence-corrected chi connectivity index (χ1v) is 10.0. The third-order valence-corrected chi connectivity index (χ3v) is 4.09. The second-order valence-corrected chi connectivity index (χ2v) is 6.50. The summed E-state index contributed by atoms with van der Waals surface area (Å²) in [5, 5.41) is 8.52. The number of carbonyl (C=O) groups excluding carboxylic acids is 1. The van der Waals surface area contributed by atoms with Crippen molar-refractivity contribution < 1.29 is 14.7 Å². The van der Waals surface area contributed by atoms with Crippen LogP contribution in [0.15, 0.2) is 0 Å². The third-order valence-electron chi connectivity index (χ3n) is 4.09. The highest BCUT2D eigenvalue weighted by atomic mass is 16.4. The molecule has 0 heterocycles. The molecule has 0 bridgehead atoms. The number of aliphatic carboxylic acids is 1. The van der Waals surface area contributed by atoms with E-state index < -0.39 is 5.97 Å². The molecule has 0 fully saturated rings. The Morgan fingerprint density at radius 2 is 1.04 bits per heavy atom. The lowest BCUT2D eigenvalue weighted by Crippen LogP contribution is -1.97. The van der Waals surface area contributed by atoms with E-state index in [0.717, 1.165) is 12.8 Å². The van der Waals surface area contributed by atoms with E-state index in [9.17, 15) is 4.79 Å². The molecule has 0 aliphatic heterocycles. The first-order valence-electron chi connectivity index (χ1n) is 10.0. The Labute approximate surface area is 149 Å². The van der Waals surface area contributed by atoms with Gasteiger partial charge in [-0.2, -0.15) is 0 Å². The number of hydrogen-bond donors (Lipinski definition) is 2. The summed E-state index contributed by atoms with van der Waals surface area (Å²) in [6.45, 7) is 2.41. The van der Waals surface area contributed by atoms with E-state index in [1.165, 1.54) is 83.5 Å². The van der Waals surface area contributed by atoms with Crippen LogP contribution in [0.2, 0.25) is 0 Å². The number of carbonyl (C=O) groups is 2. The van der Waals surface area contributed by atoms with Crippen LogP contribution in [0.1, 0.15) is 110 Å². The molecule has 144 valence electrons. The Morgan fingerprint density at radius 3 is 1.29 bits per heavy atom. The number of carboxylic acid groups (broad SMARTS) is 1. The van der Waals surface area contributed by atoms with Crippen LogP contribution in [0.3, 0.4) is 0 Å². The molecular weight excluding hydrogens is 302 g/mol. The minimum Gasteiger partial charge on any atom is -0.481 e. The summed E-state index contributed by atoms with van der Waals surface area (Å²) in [7, 11) is 0. The van der Waals surface area contributed by atoms with Gasteiger partial charge in [-0.15, -0.1) is 0 Å². The van der Waals surface area contributed by atoms with Crippen LogP contribution < -0.4 is 5.73 Å². The molecule has 0 aromatic rings. The van der Waals surface area contributed by atoms with Crippen LogP contribution in [-0.2, 0) is 9.59 Å². The lowest BCUT2D eigenvalue weighted by molar-refractivity contribution is -0.137. The molecule has 4 nitrogen and oxygen atoms in total. The normalized spacial score (nSPS) is 10.1. The fourth-order valence-corrected chi connectivity index (χ4v) is 2.65. The standard InChI is InChI=1S/C18H36O2.C2H5NO/c1-2-3-4-5-6-7-8-9-10-11-12-13-14-15-16-17-18(19)20;3-1-2-4/h2-17H2,1H3,(H,19,20);2H,1,3H2. The number of unbranched alkanes of at least 4 members (excludes halogenated alkanes) is 14. The Kier molecular flexibility index (Phi) is 25.7. The van der Waals surface area contributed by atoms with Crippen molar-refractivity contribution >= 4 is 12.3 Å². The molecule has 0 spiro atoms. The van der Waals surface area contributed by atoms with Gasteiger partial charge in [-0.1, -0.05) is 96.8 Å². The predicted octanol–water partition coefficient (Wildman–Crippen LogP) is 5.48. The summed E-state index contributed by atoms with van der Waals surface area (Å²) in [4.78, 5) is 19.4. The van der Waals surface area contributed by atoms with Crippen molar-refractivity contribution in [2.45, 2.75) is 110 Å². The molecule has 0 saturated carbocycles. The molecule has 0 saturated heterocycles. The second-order valence-electron chi connectivity index (χ2n) is 6.50. The van der Waals surface area contributed by atoms with Gasteiger partial charge in [-0.3, -0.25) is 4.79 Å². The molecule has 0 unspecified atom stereocenters. The summed E-state index contributed by atoms with van der Waals surface area (Å²) < 4.78 is 0. The van der Waals surface area contributed by atoms with Crippen molar-refractivity contribution in [1.29, 1.82) is 0 Å². The molecule has 0 aromatic heterocycles. The van der Waals surface area contributed by atoms with Crippen molar-refractivity contribution in [3.8, 4) is 0 Å². The maximum absolute atomic E-state index is 10.3. The van der Waals surface area contributed by atoms with Gasteiger partial charge in [0.2, 0.25) is 0 Å². The second kappa shape index (κ2) is 24.4. The number of nitrogens with two attached hydrogens (primary N) is 1. The topological polar surface area (TPSA) is 80.4 Å². The minimum absolute atomic E-state index is 0.139. The van der Waals surface area contributed by atoms with Crippen LogP contribution >= 0.6 is 0 Å². The van der Waals surface area contributed by atoms with E-state index in [2.05, 4.69) is 12.7 Å². The molecule has 4 heteroatoms. The van der Waals surface area contributed by atoms with Crippen molar-refractivity contribution in [2.24, 2.45) is 5.73 Å². The maximum Gasteiger partial charge on any atom is 0.303 e. The first-order chi connectivity index (χ1) is 11.7. The van der Waals surface area contributed by atoms with Crippen LogP contribution in [0.4, 0.5) is 0 Å². The molecular formula is C20H41NO3. The first kappa shape index (κ1) is 25.3. The molecule has 0 radical (unpaired) electrons. The van der Waals surface area contributed by atoms with Crippen LogP contribution in [-0.4, -0.2) is 23.9 Å². The van der Waals surface area contributed by atoms with Gasteiger partial charge in [-0.05, 0) is 6.42 Å². The molecule has 0 aliphatic rings. The van der Waals surface area contributed by atoms with Gasteiger partial charge in [0.25, 0.3) is 0 Å². The van der Waals surface area contributed by atoms with Gasteiger partial charge in [0.05, 0.1) is 0 Å². The molecule has 0 amide bonds. The van der Waals surface area contributed by atoms with E-state index in [0.29, 0.717) is 12.7 Å². The summed E-state index contributed by atoms with van der Waals surface area (Å²) in [6, 6.07) is 0. The average Bonchev–Trinajstić information content (AvgIpc) is 2.58. The highest BCUT2D eigenvalue weighted by Crippen LogP contribution is 2.13. The van der Waals surface area contributed by atoms with Gasteiger partial charge in [0.1, 0.15) is 6.29 Å². The molecule has 0 aliphatic carbocycles. The van der Waals surface area contributed by atoms with Gasteiger partial charge in [-0.25, -0.2) is 0 Å². The van der Waals surface area contributed by atoms with Crippen LogP contribution in [0.5, 0.6) is 0 Å². The minimum atomic E-state index is -0.653. The predicted molar refractivity (Wildman–Crippen MR) is 102 cm³/mol. The number of rotatable bonds is 17. The van der Waals surface area contributed by atoms with Crippen LogP contribution in [0.25, 0.3) is 0 Å². The lowest BCUT2D eigenvalue weighted by Gasteiger charge is -2.03. The zero-order chi connectivity index (χ0) is 18.3.